The Hall–Kier alpha value is -2.82. The Kier molecular flexibility index (Phi) is 3.92. The molecule has 128 valence electrons. The SMILES string of the molecule is COc1ccc(C2C(F)=CC=C3NCC(=Cc4nc[nH]c4C)C32)cc1. The maximum Gasteiger partial charge on any atom is 0.118 e. The van der Waals surface area contributed by atoms with Crippen molar-refractivity contribution in [3.8, 4) is 5.75 Å². The highest BCUT2D eigenvalue weighted by atomic mass is 19.1. The molecule has 0 amide bonds. The number of aromatic amines is 1. The van der Waals surface area contributed by atoms with Gasteiger partial charge in [-0.2, -0.15) is 0 Å². The van der Waals surface area contributed by atoms with Gasteiger partial charge < -0.3 is 15.0 Å². The second-order valence-corrected chi connectivity index (χ2v) is 6.39. The molecule has 2 aliphatic rings. The Morgan fingerprint density at radius 1 is 1.20 bits per heavy atom. The van der Waals surface area contributed by atoms with Crippen molar-refractivity contribution in [2.24, 2.45) is 5.92 Å². The van der Waals surface area contributed by atoms with Crippen LogP contribution in [0.4, 0.5) is 4.39 Å². The van der Waals surface area contributed by atoms with Crippen molar-refractivity contribution >= 4 is 6.08 Å². The molecule has 1 aliphatic carbocycles. The quantitative estimate of drug-likeness (QED) is 0.894. The first-order chi connectivity index (χ1) is 12.2. The number of hydrogen-bond acceptors (Lipinski definition) is 3. The zero-order valence-corrected chi connectivity index (χ0v) is 14.2. The van der Waals surface area contributed by atoms with Crippen molar-refractivity contribution in [3.05, 3.63) is 76.8 Å². The summed E-state index contributed by atoms with van der Waals surface area (Å²) >= 11 is 0. The van der Waals surface area contributed by atoms with Crippen LogP contribution in [0.1, 0.15) is 22.9 Å². The Morgan fingerprint density at radius 3 is 2.68 bits per heavy atom. The highest BCUT2D eigenvalue weighted by molar-refractivity contribution is 5.58. The Bertz CT molecular complexity index is 877. The van der Waals surface area contributed by atoms with Crippen LogP contribution < -0.4 is 10.1 Å². The molecule has 1 aliphatic heterocycles. The second kappa shape index (κ2) is 6.24. The van der Waals surface area contributed by atoms with Gasteiger partial charge in [0.1, 0.15) is 11.6 Å². The van der Waals surface area contributed by atoms with Gasteiger partial charge in [0.25, 0.3) is 0 Å². The summed E-state index contributed by atoms with van der Waals surface area (Å²) in [7, 11) is 1.63. The highest BCUT2D eigenvalue weighted by Gasteiger charge is 2.38. The van der Waals surface area contributed by atoms with Gasteiger partial charge in [0.2, 0.25) is 0 Å². The summed E-state index contributed by atoms with van der Waals surface area (Å²) in [4.78, 5) is 7.44. The number of hydrogen-bond donors (Lipinski definition) is 2. The van der Waals surface area contributed by atoms with E-state index in [-0.39, 0.29) is 17.7 Å². The number of halogens is 1. The first-order valence-corrected chi connectivity index (χ1v) is 8.33. The molecule has 2 aromatic rings. The zero-order valence-electron chi connectivity index (χ0n) is 14.2. The third-order valence-electron chi connectivity index (χ3n) is 4.95. The van der Waals surface area contributed by atoms with Gasteiger partial charge in [0.05, 0.1) is 19.1 Å². The van der Waals surface area contributed by atoms with Crippen LogP contribution in [0.2, 0.25) is 0 Å². The molecule has 5 heteroatoms. The molecule has 25 heavy (non-hydrogen) atoms. The average Bonchev–Trinajstić information content (AvgIpc) is 3.22. The number of aryl methyl sites for hydroxylation is 1. The number of methoxy groups -OCH3 is 1. The highest BCUT2D eigenvalue weighted by Crippen LogP contribution is 2.46. The number of aromatic nitrogens is 2. The minimum atomic E-state index is -0.327. The van der Waals surface area contributed by atoms with Crippen LogP contribution in [0.3, 0.4) is 0 Å². The van der Waals surface area contributed by atoms with Crippen LogP contribution in [0.25, 0.3) is 6.08 Å². The molecule has 1 fully saturated rings. The molecule has 0 spiro atoms. The van der Waals surface area contributed by atoms with Crippen LogP contribution in [0, 0.1) is 12.8 Å². The van der Waals surface area contributed by atoms with Gasteiger partial charge in [-0.1, -0.05) is 12.1 Å². The number of fused-ring (bicyclic) bond motifs is 1. The number of allylic oxidation sites excluding steroid dienone is 4. The van der Waals surface area contributed by atoms with Crippen molar-refractivity contribution in [1.82, 2.24) is 15.3 Å². The van der Waals surface area contributed by atoms with Crippen molar-refractivity contribution in [2.45, 2.75) is 12.8 Å². The van der Waals surface area contributed by atoms with Gasteiger partial charge in [-0.25, -0.2) is 9.37 Å². The van der Waals surface area contributed by atoms with E-state index in [9.17, 15) is 4.39 Å². The van der Waals surface area contributed by atoms with Crippen LogP contribution in [0.5, 0.6) is 5.75 Å². The largest absolute Gasteiger partial charge is 0.497 e. The molecule has 2 N–H and O–H groups in total. The average molecular weight is 337 g/mol. The normalized spacial score (nSPS) is 23.7. The number of ether oxygens (including phenoxy) is 1. The third kappa shape index (κ3) is 2.76. The van der Waals surface area contributed by atoms with E-state index in [1.807, 2.05) is 37.3 Å². The molecule has 4 nitrogen and oxygen atoms in total. The summed E-state index contributed by atoms with van der Waals surface area (Å²) in [6.07, 6.45) is 7.16. The van der Waals surface area contributed by atoms with Crippen LogP contribution in [0.15, 0.2) is 59.8 Å². The van der Waals surface area contributed by atoms with E-state index < -0.39 is 0 Å². The lowest BCUT2D eigenvalue weighted by Crippen LogP contribution is -2.19. The third-order valence-corrected chi connectivity index (χ3v) is 4.95. The van der Waals surface area contributed by atoms with Gasteiger partial charge in [-0.05, 0) is 48.4 Å². The topological polar surface area (TPSA) is 49.9 Å². The predicted molar refractivity (Wildman–Crippen MR) is 95.8 cm³/mol. The number of nitrogens with zero attached hydrogens (tertiary/aromatic N) is 1. The van der Waals surface area contributed by atoms with Crippen molar-refractivity contribution < 1.29 is 9.13 Å². The minimum absolute atomic E-state index is 0.0329. The second-order valence-electron chi connectivity index (χ2n) is 6.39. The molecular weight excluding hydrogens is 317 g/mol. The predicted octanol–water partition coefficient (Wildman–Crippen LogP) is 3.86. The minimum Gasteiger partial charge on any atom is -0.497 e. The molecule has 2 heterocycles. The molecule has 1 aromatic carbocycles. The van der Waals surface area contributed by atoms with E-state index in [1.165, 1.54) is 0 Å². The molecule has 0 radical (unpaired) electrons. The van der Waals surface area contributed by atoms with Gasteiger partial charge in [0.15, 0.2) is 0 Å². The fourth-order valence-electron chi connectivity index (χ4n) is 3.61. The summed E-state index contributed by atoms with van der Waals surface area (Å²) in [5.74, 6) is 0.292. The van der Waals surface area contributed by atoms with Gasteiger partial charge in [0, 0.05) is 29.8 Å². The van der Waals surface area contributed by atoms with E-state index in [4.69, 9.17) is 4.74 Å². The van der Waals surface area contributed by atoms with E-state index in [0.29, 0.717) is 6.54 Å². The van der Waals surface area contributed by atoms with Gasteiger partial charge in [-0.15, -0.1) is 0 Å². The number of benzene rings is 1. The summed E-state index contributed by atoms with van der Waals surface area (Å²) in [5, 5.41) is 3.40. The van der Waals surface area contributed by atoms with Gasteiger partial charge in [-0.3, -0.25) is 0 Å². The van der Waals surface area contributed by atoms with Crippen molar-refractivity contribution in [3.63, 3.8) is 0 Å². The number of rotatable bonds is 3. The molecular formula is C20H20FN3O. The van der Waals surface area contributed by atoms with E-state index in [0.717, 1.165) is 34.0 Å². The monoisotopic (exact) mass is 337 g/mol. The standard InChI is InChI=1S/C20H20FN3O/c1-12-18(24-11-23-12)9-14-10-22-17-8-7-16(21)19(20(14)17)13-3-5-15(25-2)6-4-13/h3-9,11,19-20,22H,10H2,1-2H3,(H,23,24). The first-order valence-electron chi connectivity index (χ1n) is 8.33. The summed E-state index contributed by atoms with van der Waals surface area (Å²) < 4.78 is 20.0. The first kappa shape index (κ1) is 15.7. The lowest BCUT2D eigenvalue weighted by Gasteiger charge is -2.27. The Morgan fingerprint density at radius 2 is 2.00 bits per heavy atom. The number of imidazole rings is 1. The van der Waals surface area contributed by atoms with Crippen molar-refractivity contribution in [2.75, 3.05) is 13.7 Å². The maximum atomic E-state index is 14.8. The van der Waals surface area contributed by atoms with E-state index in [2.05, 4.69) is 21.4 Å². The van der Waals surface area contributed by atoms with E-state index in [1.54, 1.807) is 19.5 Å². The lowest BCUT2D eigenvalue weighted by atomic mass is 9.77. The van der Waals surface area contributed by atoms with E-state index >= 15 is 0 Å². The fraction of sp³-hybridized carbons (Fsp3) is 0.250. The molecule has 2 atom stereocenters. The molecule has 1 saturated heterocycles. The fourth-order valence-corrected chi connectivity index (χ4v) is 3.61. The molecule has 1 aromatic heterocycles. The zero-order chi connectivity index (χ0) is 17.4. The maximum absolute atomic E-state index is 14.8. The van der Waals surface area contributed by atoms with Crippen LogP contribution >= 0.6 is 0 Å². The van der Waals surface area contributed by atoms with Gasteiger partial charge >= 0.3 is 0 Å². The summed E-state index contributed by atoms with van der Waals surface area (Å²) in [6, 6.07) is 7.64. The van der Waals surface area contributed by atoms with Crippen molar-refractivity contribution in [1.29, 1.82) is 0 Å². The molecule has 0 saturated carbocycles. The smallest absolute Gasteiger partial charge is 0.118 e. The number of nitrogens with one attached hydrogen (secondary N) is 2. The van der Waals surface area contributed by atoms with Crippen LogP contribution in [-0.2, 0) is 0 Å². The Balaban J connectivity index is 1.74. The molecule has 0 bridgehead atoms. The number of H-pyrrole nitrogens is 1. The molecule has 4 rings (SSSR count). The summed E-state index contributed by atoms with van der Waals surface area (Å²) in [5.41, 5.74) is 5.06. The summed E-state index contributed by atoms with van der Waals surface area (Å²) in [6.45, 7) is 2.69. The van der Waals surface area contributed by atoms with Crippen LogP contribution in [-0.4, -0.2) is 23.6 Å². The lowest BCUT2D eigenvalue weighted by molar-refractivity contribution is 0.414. The molecule has 2 unspecified atom stereocenters. The Labute approximate surface area is 146 Å².